The van der Waals surface area contributed by atoms with Gasteiger partial charge in [0.05, 0.1) is 36.9 Å². The number of carbonyl (C=O) groups excluding carboxylic acids is 2. The molecule has 2 aromatic carbocycles. The summed E-state index contributed by atoms with van der Waals surface area (Å²) in [6.45, 7) is 0. The van der Waals surface area contributed by atoms with Crippen molar-refractivity contribution in [2.24, 2.45) is 10.2 Å². The van der Waals surface area contributed by atoms with Crippen molar-refractivity contribution in [3.8, 4) is 17.2 Å². The Balaban J connectivity index is 1.72. The van der Waals surface area contributed by atoms with Crippen molar-refractivity contribution in [2.75, 3.05) is 14.2 Å². The highest BCUT2D eigenvalue weighted by Crippen LogP contribution is 2.37. The van der Waals surface area contributed by atoms with Crippen LogP contribution in [-0.2, 0) is 9.59 Å². The van der Waals surface area contributed by atoms with E-state index in [2.05, 4.69) is 31.4 Å². The Morgan fingerprint density at radius 1 is 1.21 bits per heavy atom. The van der Waals surface area contributed by atoms with E-state index in [9.17, 15) is 14.4 Å². The van der Waals surface area contributed by atoms with E-state index in [1.165, 1.54) is 20.4 Å². The van der Waals surface area contributed by atoms with Crippen molar-refractivity contribution in [3.63, 3.8) is 0 Å². The van der Waals surface area contributed by atoms with Crippen LogP contribution in [0, 0.1) is 0 Å². The third-order valence-corrected chi connectivity index (χ3v) is 5.93. The molecular formula is C21H18BrN3O7S. The molecule has 2 aromatic rings. The highest BCUT2D eigenvalue weighted by Gasteiger charge is 2.32. The lowest BCUT2D eigenvalue weighted by Crippen LogP contribution is -2.26. The van der Waals surface area contributed by atoms with E-state index in [-0.39, 0.29) is 23.1 Å². The maximum atomic E-state index is 12.5. The van der Waals surface area contributed by atoms with Gasteiger partial charge in [0.2, 0.25) is 5.91 Å². The predicted octanol–water partition coefficient (Wildman–Crippen LogP) is 3.08. The number of carbonyl (C=O) groups is 3. The minimum absolute atomic E-state index is 0.192. The van der Waals surface area contributed by atoms with Crippen LogP contribution >= 0.6 is 27.7 Å². The minimum atomic E-state index is -1.07. The van der Waals surface area contributed by atoms with E-state index in [1.54, 1.807) is 36.4 Å². The summed E-state index contributed by atoms with van der Waals surface area (Å²) in [4.78, 5) is 35.0. The average molecular weight is 536 g/mol. The van der Waals surface area contributed by atoms with E-state index in [0.717, 1.165) is 11.8 Å². The van der Waals surface area contributed by atoms with E-state index in [4.69, 9.17) is 19.3 Å². The van der Waals surface area contributed by atoms with Crippen molar-refractivity contribution < 1.29 is 33.7 Å². The zero-order valence-corrected chi connectivity index (χ0v) is 19.8. The zero-order chi connectivity index (χ0) is 24.0. The predicted molar refractivity (Wildman–Crippen MR) is 125 cm³/mol. The van der Waals surface area contributed by atoms with Gasteiger partial charge in [-0.05, 0) is 57.9 Å². The zero-order valence-electron chi connectivity index (χ0n) is 17.4. The molecule has 0 aliphatic carbocycles. The first kappa shape index (κ1) is 24.3. The fourth-order valence-corrected chi connectivity index (χ4v) is 4.14. The second-order valence-corrected chi connectivity index (χ2v) is 8.54. The van der Waals surface area contributed by atoms with Gasteiger partial charge < -0.3 is 24.6 Å². The molecule has 3 rings (SSSR count). The van der Waals surface area contributed by atoms with Gasteiger partial charge in [0.1, 0.15) is 11.0 Å². The van der Waals surface area contributed by atoms with Crippen LogP contribution in [0.2, 0.25) is 0 Å². The second-order valence-electron chi connectivity index (χ2n) is 6.50. The highest BCUT2D eigenvalue weighted by atomic mass is 79.9. The summed E-state index contributed by atoms with van der Waals surface area (Å²) >= 11 is 4.37. The Morgan fingerprint density at radius 3 is 2.58 bits per heavy atom. The molecule has 10 nitrogen and oxygen atoms in total. The summed E-state index contributed by atoms with van der Waals surface area (Å²) in [5.41, 5.74) is 0.910. The molecule has 0 saturated carbocycles. The lowest BCUT2D eigenvalue weighted by atomic mass is 10.2. The van der Waals surface area contributed by atoms with Crippen LogP contribution in [0.1, 0.15) is 22.3 Å². The number of thioether (sulfide) groups is 1. The molecule has 1 aliphatic rings. The Morgan fingerprint density at radius 2 is 1.94 bits per heavy atom. The van der Waals surface area contributed by atoms with Gasteiger partial charge in [0, 0.05) is 0 Å². The van der Waals surface area contributed by atoms with Crippen LogP contribution < -0.4 is 19.5 Å². The molecule has 172 valence electrons. The fraction of sp³-hybridized carbons (Fsp3) is 0.190. The van der Waals surface area contributed by atoms with Crippen LogP contribution in [0.4, 0.5) is 0 Å². The van der Waals surface area contributed by atoms with Gasteiger partial charge in [-0.25, -0.2) is 4.79 Å². The maximum absolute atomic E-state index is 12.5. The molecule has 0 bridgehead atoms. The monoisotopic (exact) mass is 535 g/mol. The van der Waals surface area contributed by atoms with Crippen LogP contribution in [-0.4, -0.2) is 53.8 Å². The lowest BCUT2D eigenvalue weighted by molar-refractivity contribution is -0.138. The summed E-state index contributed by atoms with van der Waals surface area (Å²) in [5.74, 6) is -0.983. The average Bonchev–Trinajstić information content (AvgIpc) is 3.13. The Kier molecular flexibility index (Phi) is 8.06. The third kappa shape index (κ3) is 6.33. The second kappa shape index (κ2) is 11.0. The van der Waals surface area contributed by atoms with Gasteiger partial charge >= 0.3 is 11.9 Å². The molecule has 2 N–H and O–H groups in total. The molecule has 0 spiro atoms. The number of nitrogens with one attached hydrogen (secondary N) is 1. The van der Waals surface area contributed by atoms with Crippen molar-refractivity contribution >= 4 is 56.9 Å². The van der Waals surface area contributed by atoms with E-state index in [1.807, 2.05) is 0 Å². The van der Waals surface area contributed by atoms with Crippen LogP contribution in [0.3, 0.4) is 0 Å². The van der Waals surface area contributed by atoms with Gasteiger partial charge in [-0.2, -0.15) is 5.10 Å². The molecule has 33 heavy (non-hydrogen) atoms. The van der Waals surface area contributed by atoms with Gasteiger partial charge in [0.15, 0.2) is 16.7 Å². The SMILES string of the molecule is COc1ccc(C(=O)Oc2c(Br)cc(/C=N\N=C3\NC(=O)[C@@H](CC(=O)O)S3)cc2OC)cc1. The Labute approximate surface area is 201 Å². The molecule has 0 aromatic heterocycles. The first-order valence-electron chi connectivity index (χ1n) is 9.34. The number of nitrogens with zero attached hydrogens (tertiary/aromatic N) is 2. The molecule has 1 fully saturated rings. The highest BCUT2D eigenvalue weighted by molar-refractivity contribution is 9.10. The standard InChI is InChI=1S/C21H18BrN3O7S/c1-30-13-5-3-12(4-6-13)20(29)32-18-14(22)7-11(8-15(18)31-2)10-23-25-21-24-19(28)16(33-21)9-17(26)27/h3-8,10,16H,9H2,1-2H3,(H,26,27)(H,24,25,28)/b23-10-/t16-/m1/s1. The van der Waals surface area contributed by atoms with E-state index in [0.29, 0.717) is 21.3 Å². The Hall–Kier alpha value is -3.38. The van der Waals surface area contributed by atoms with Gasteiger partial charge in [-0.15, -0.1) is 5.10 Å². The summed E-state index contributed by atoms with van der Waals surface area (Å²) in [7, 11) is 2.96. The number of benzene rings is 2. The smallest absolute Gasteiger partial charge is 0.343 e. The third-order valence-electron chi connectivity index (χ3n) is 4.26. The number of carboxylic acid groups (broad SMARTS) is 1. The van der Waals surface area contributed by atoms with Gasteiger partial charge in [-0.3, -0.25) is 9.59 Å². The minimum Gasteiger partial charge on any atom is -0.497 e. The number of rotatable bonds is 8. The largest absolute Gasteiger partial charge is 0.497 e. The fourth-order valence-electron chi connectivity index (χ4n) is 2.69. The summed E-state index contributed by atoms with van der Waals surface area (Å²) in [6, 6.07) is 9.72. The van der Waals surface area contributed by atoms with Crippen molar-refractivity contribution in [3.05, 3.63) is 52.0 Å². The number of amides is 1. The van der Waals surface area contributed by atoms with Gasteiger partial charge in [-0.1, -0.05) is 11.8 Å². The number of amidine groups is 1. The van der Waals surface area contributed by atoms with Crippen molar-refractivity contribution in [1.29, 1.82) is 0 Å². The molecule has 1 amide bonds. The number of esters is 1. The molecule has 1 atom stereocenters. The summed E-state index contributed by atoms with van der Waals surface area (Å²) < 4.78 is 16.4. The molecule has 0 unspecified atom stereocenters. The Bertz CT molecular complexity index is 1140. The molecule has 1 saturated heterocycles. The van der Waals surface area contributed by atoms with E-state index < -0.39 is 23.1 Å². The molecular weight excluding hydrogens is 518 g/mol. The number of halogens is 1. The first-order chi connectivity index (χ1) is 15.8. The number of aliphatic carboxylic acids is 1. The molecule has 1 heterocycles. The number of ether oxygens (including phenoxy) is 3. The number of methoxy groups -OCH3 is 2. The van der Waals surface area contributed by atoms with Crippen molar-refractivity contribution in [2.45, 2.75) is 11.7 Å². The molecule has 1 aliphatic heterocycles. The molecule has 0 radical (unpaired) electrons. The van der Waals surface area contributed by atoms with Crippen LogP contribution in [0.5, 0.6) is 17.2 Å². The maximum Gasteiger partial charge on any atom is 0.343 e. The quantitative estimate of drug-likeness (QED) is 0.228. The van der Waals surface area contributed by atoms with E-state index >= 15 is 0 Å². The van der Waals surface area contributed by atoms with Crippen molar-refractivity contribution in [1.82, 2.24) is 5.32 Å². The number of carboxylic acids is 1. The van der Waals surface area contributed by atoms with Crippen LogP contribution in [0.15, 0.2) is 51.1 Å². The lowest BCUT2D eigenvalue weighted by Gasteiger charge is -2.12. The summed E-state index contributed by atoms with van der Waals surface area (Å²) in [5, 5.41) is 18.6. The van der Waals surface area contributed by atoms with Crippen LogP contribution in [0.25, 0.3) is 0 Å². The topological polar surface area (TPSA) is 136 Å². The first-order valence-corrected chi connectivity index (χ1v) is 11.0. The summed E-state index contributed by atoms with van der Waals surface area (Å²) in [6.07, 6.45) is 1.10. The molecule has 12 heteroatoms. The van der Waals surface area contributed by atoms with Gasteiger partial charge in [0.25, 0.3) is 0 Å². The number of hydrogen-bond donors (Lipinski definition) is 2. The normalized spacial score (nSPS) is 16.6. The number of hydrogen-bond acceptors (Lipinski definition) is 9.